The van der Waals surface area contributed by atoms with Gasteiger partial charge in [-0.1, -0.05) is 30.3 Å². The molecule has 0 saturated carbocycles. The van der Waals surface area contributed by atoms with E-state index in [9.17, 15) is 27.5 Å². The Morgan fingerprint density at radius 2 is 1.62 bits per heavy atom. The predicted octanol–water partition coefficient (Wildman–Crippen LogP) is 3.49. The molecule has 2 rings (SSSR count). The summed E-state index contributed by atoms with van der Waals surface area (Å²) in [5.41, 5.74) is -0.721. The SMILES string of the molecule is C[C@@H](C[C@@H](O)c1ccccc1)NC(=O)c1c(F)c(F)cc(F)c1F. The predicted molar refractivity (Wildman–Crippen MR) is 79.2 cm³/mol. The van der Waals surface area contributed by atoms with E-state index >= 15 is 0 Å². The van der Waals surface area contributed by atoms with Crippen LogP contribution >= 0.6 is 0 Å². The molecule has 128 valence electrons. The summed E-state index contributed by atoms with van der Waals surface area (Å²) < 4.78 is 53.5. The third-order valence-corrected chi connectivity index (χ3v) is 3.48. The van der Waals surface area contributed by atoms with Crippen molar-refractivity contribution in [2.75, 3.05) is 0 Å². The van der Waals surface area contributed by atoms with E-state index in [1.165, 1.54) is 6.92 Å². The largest absolute Gasteiger partial charge is 0.388 e. The van der Waals surface area contributed by atoms with Crippen molar-refractivity contribution < 1.29 is 27.5 Å². The number of hydrogen-bond donors (Lipinski definition) is 2. The highest BCUT2D eigenvalue weighted by molar-refractivity contribution is 5.95. The first-order chi connectivity index (χ1) is 11.3. The van der Waals surface area contributed by atoms with E-state index < -0.39 is 46.9 Å². The van der Waals surface area contributed by atoms with E-state index in [-0.39, 0.29) is 12.5 Å². The Labute approximate surface area is 135 Å². The lowest BCUT2D eigenvalue weighted by atomic mass is 10.0. The van der Waals surface area contributed by atoms with Crippen molar-refractivity contribution in [3.05, 3.63) is 70.8 Å². The van der Waals surface area contributed by atoms with Crippen molar-refractivity contribution >= 4 is 5.91 Å². The molecule has 0 spiro atoms. The first-order valence-corrected chi connectivity index (χ1v) is 7.18. The Hall–Kier alpha value is -2.41. The number of hydrogen-bond acceptors (Lipinski definition) is 2. The van der Waals surface area contributed by atoms with E-state index in [4.69, 9.17) is 0 Å². The molecule has 0 aliphatic carbocycles. The van der Waals surface area contributed by atoms with Gasteiger partial charge in [0.1, 0.15) is 5.56 Å². The third kappa shape index (κ3) is 3.91. The summed E-state index contributed by atoms with van der Waals surface area (Å²) in [6.07, 6.45) is -0.864. The Balaban J connectivity index is 2.10. The van der Waals surface area contributed by atoms with Crippen LogP contribution in [0.25, 0.3) is 0 Å². The molecule has 0 aromatic heterocycles. The monoisotopic (exact) mass is 341 g/mol. The molecule has 7 heteroatoms. The highest BCUT2D eigenvalue weighted by atomic mass is 19.2. The summed E-state index contributed by atoms with van der Waals surface area (Å²) >= 11 is 0. The summed E-state index contributed by atoms with van der Waals surface area (Å²) in [6, 6.07) is 7.92. The molecule has 0 unspecified atom stereocenters. The van der Waals surface area contributed by atoms with Gasteiger partial charge in [0.05, 0.1) is 6.10 Å². The maximum absolute atomic E-state index is 13.6. The fourth-order valence-corrected chi connectivity index (χ4v) is 2.27. The highest BCUT2D eigenvalue weighted by Crippen LogP contribution is 2.21. The molecule has 2 atom stereocenters. The lowest BCUT2D eigenvalue weighted by Gasteiger charge is -2.18. The number of halogens is 4. The van der Waals surface area contributed by atoms with Crippen LogP contribution in [0.15, 0.2) is 36.4 Å². The number of benzene rings is 2. The average molecular weight is 341 g/mol. The first kappa shape index (κ1) is 17.9. The van der Waals surface area contributed by atoms with Crippen molar-refractivity contribution in [1.29, 1.82) is 0 Å². The molecule has 3 nitrogen and oxygen atoms in total. The summed E-state index contributed by atoms with van der Waals surface area (Å²) in [5.74, 6) is -8.13. The molecule has 0 bridgehead atoms. The molecular formula is C17H15F4NO2. The zero-order chi connectivity index (χ0) is 17.9. The molecule has 1 amide bonds. The smallest absolute Gasteiger partial charge is 0.257 e. The molecule has 2 aromatic rings. The fraction of sp³-hybridized carbons (Fsp3) is 0.235. The second-order valence-electron chi connectivity index (χ2n) is 5.38. The molecule has 0 aliphatic heterocycles. The van der Waals surface area contributed by atoms with Crippen LogP contribution in [0.1, 0.15) is 35.4 Å². The molecule has 24 heavy (non-hydrogen) atoms. The van der Waals surface area contributed by atoms with E-state index in [0.29, 0.717) is 5.56 Å². The van der Waals surface area contributed by atoms with E-state index in [1.807, 2.05) is 0 Å². The molecule has 2 aromatic carbocycles. The summed E-state index contributed by atoms with van der Waals surface area (Å²) in [7, 11) is 0. The summed E-state index contributed by atoms with van der Waals surface area (Å²) in [4.78, 5) is 11.9. The van der Waals surface area contributed by atoms with Crippen molar-refractivity contribution in [3.63, 3.8) is 0 Å². The van der Waals surface area contributed by atoms with Crippen LogP contribution in [0.3, 0.4) is 0 Å². The number of amides is 1. The van der Waals surface area contributed by atoms with E-state index in [0.717, 1.165) is 0 Å². The summed E-state index contributed by atoms with van der Waals surface area (Å²) in [5, 5.41) is 12.3. The average Bonchev–Trinajstić information content (AvgIpc) is 2.54. The Bertz CT molecular complexity index is 711. The van der Waals surface area contributed by atoms with Crippen molar-refractivity contribution in [2.24, 2.45) is 0 Å². The van der Waals surface area contributed by atoms with Crippen LogP contribution in [0, 0.1) is 23.3 Å². The van der Waals surface area contributed by atoms with Crippen LogP contribution in [-0.4, -0.2) is 17.1 Å². The van der Waals surface area contributed by atoms with Gasteiger partial charge in [-0.2, -0.15) is 0 Å². The molecule has 0 radical (unpaired) electrons. The Kier molecular flexibility index (Phi) is 5.56. The minimum Gasteiger partial charge on any atom is -0.388 e. The molecule has 0 saturated heterocycles. The number of carbonyl (C=O) groups is 1. The van der Waals surface area contributed by atoms with Gasteiger partial charge >= 0.3 is 0 Å². The van der Waals surface area contributed by atoms with E-state index in [2.05, 4.69) is 5.32 Å². The van der Waals surface area contributed by atoms with Crippen molar-refractivity contribution in [1.82, 2.24) is 5.32 Å². The van der Waals surface area contributed by atoms with Crippen LogP contribution < -0.4 is 5.32 Å². The van der Waals surface area contributed by atoms with Gasteiger partial charge in [0, 0.05) is 12.1 Å². The maximum Gasteiger partial charge on any atom is 0.257 e. The number of nitrogens with one attached hydrogen (secondary N) is 1. The normalized spacial score (nSPS) is 13.4. The lowest BCUT2D eigenvalue weighted by Crippen LogP contribution is -2.35. The maximum atomic E-state index is 13.6. The minimum absolute atomic E-state index is 0.0318. The van der Waals surface area contributed by atoms with Crippen LogP contribution in [0.4, 0.5) is 17.6 Å². The first-order valence-electron chi connectivity index (χ1n) is 7.18. The van der Waals surface area contributed by atoms with Gasteiger partial charge in [0.2, 0.25) is 0 Å². The van der Waals surface area contributed by atoms with Gasteiger partial charge < -0.3 is 10.4 Å². The van der Waals surface area contributed by atoms with Gasteiger partial charge in [-0.15, -0.1) is 0 Å². The Morgan fingerprint density at radius 3 is 2.17 bits per heavy atom. The number of rotatable bonds is 5. The van der Waals surface area contributed by atoms with Gasteiger partial charge in [-0.25, -0.2) is 17.6 Å². The summed E-state index contributed by atoms with van der Waals surface area (Å²) in [6.45, 7) is 1.50. The van der Waals surface area contributed by atoms with Crippen LogP contribution in [-0.2, 0) is 0 Å². The molecule has 0 aliphatic rings. The number of carbonyl (C=O) groups excluding carboxylic acids is 1. The van der Waals surface area contributed by atoms with Crippen LogP contribution in [0.2, 0.25) is 0 Å². The van der Waals surface area contributed by atoms with Gasteiger partial charge in [0.25, 0.3) is 5.91 Å². The third-order valence-electron chi connectivity index (χ3n) is 3.48. The quantitative estimate of drug-likeness (QED) is 0.646. The standard InChI is InChI=1S/C17H15F4NO2/c1-9(7-13(23)10-5-3-2-4-6-10)22-17(24)14-15(20)11(18)8-12(19)16(14)21/h2-6,8-9,13,23H,7H2,1H3,(H,22,24)/t9-,13+/m0/s1. The number of aliphatic hydroxyl groups excluding tert-OH is 1. The Morgan fingerprint density at radius 1 is 1.08 bits per heavy atom. The molecular weight excluding hydrogens is 326 g/mol. The topological polar surface area (TPSA) is 49.3 Å². The van der Waals surface area contributed by atoms with Crippen molar-refractivity contribution in [3.8, 4) is 0 Å². The molecule has 0 heterocycles. The van der Waals surface area contributed by atoms with E-state index in [1.54, 1.807) is 30.3 Å². The molecule has 2 N–H and O–H groups in total. The second kappa shape index (κ2) is 7.44. The van der Waals surface area contributed by atoms with Crippen molar-refractivity contribution in [2.45, 2.75) is 25.5 Å². The second-order valence-corrected chi connectivity index (χ2v) is 5.38. The fourth-order valence-electron chi connectivity index (χ4n) is 2.27. The lowest BCUT2D eigenvalue weighted by molar-refractivity contribution is 0.0906. The van der Waals surface area contributed by atoms with Gasteiger partial charge in [0.15, 0.2) is 23.3 Å². The zero-order valence-corrected chi connectivity index (χ0v) is 12.7. The van der Waals surface area contributed by atoms with Gasteiger partial charge in [-0.05, 0) is 18.9 Å². The highest BCUT2D eigenvalue weighted by Gasteiger charge is 2.26. The zero-order valence-electron chi connectivity index (χ0n) is 12.7. The van der Waals surface area contributed by atoms with Crippen LogP contribution in [0.5, 0.6) is 0 Å². The number of aliphatic hydroxyl groups is 1. The van der Waals surface area contributed by atoms with Gasteiger partial charge in [-0.3, -0.25) is 4.79 Å². The molecule has 0 fully saturated rings. The minimum atomic E-state index is -1.76.